The van der Waals surface area contributed by atoms with E-state index in [0.29, 0.717) is 73.7 Å². The summed E-state index contributed by atoms with van der Waals surface area (Å²) in [5, 5.41) is 13.2. The van der Waals surface area contributed by atoms with Crippen molar-refractivity contribution in [2.45, 2.75) is 84.3 Å². The van der Waals surface area contributed by atoms with Crippen LogP contribution in [0, 0.1) is 0 Å². The summed E-state index contributed by atoms with van der Waals surface area (Å²) in [4.78, 5) is 59.7. The first kappa shape index (κ1) is 50.5. The van der Waals surface area contributed by atoms with Crippen molar-refractivity contribution in [3.8, 4) is 0 Å². The average molecular weight is 990 g/mol. The minimum Gasteiger partial charge on any atom is -0.444 e. The molecule has 2 aliphatic heterocycles. The second kappa shape index (κ2) is 20.1. The number of amides is 2. The number of nitrogens with zero attached hydrogens (tertiary/aromatic N) is 8. The molecule has 0 radical (unpaired) electrons. The summed E-state index contributed by atoms with van der Waals surface area (Å²) in [6.45, 7) is 19.4. The maximum atomic E-state index is 12.7. The van der Waals surface area contributed by atoms with E-state index < -0.39 is 16.8 Å². The van der Waals surface area contributed by atoms with Crippen LogP contribution in [0.3, 0.4) is 0 Å². The van der Waals surface area contributed by atoms with E-state index in [2.05, 4.69) is 14.8 Å². The van der Waals surface area contributed by atoms with Crippen LogP contribution in [0.5, 0.6) is 0 Å². The third kappa shape index (κ3) is 10.9. The molecule has 3 atom stereocenters. The van der Waals surface area contributed by atoms with Crippen LogP contribution < -0.4 is 0 Å². The van der Waals surface area contributed by atoms with Crippen molar-refractivity contribution in [2.24, 2.45) is 7.05 Å². The summed E-state index contributed by atoms with van der Waals surface area (Å²) in [5.74, 6) is -0.0151. The molecule has 5 aromatic rings. The minimum absolute atomic E-state index is 0.0151. The number of aromatic nitrogens is 4. The van der Waals surface area contributed by atoms with Crippen LogP contribution in [0.1, 0.15) is 118 Å². The molecule has 3 aromatic heterocycles. The van der Waals surface area contributed by atoms with Crippen molar-refractivity contribution in [2.75, 3.05) is 52.4 Å². The van der Waals surface area contributed by atoms with Crippen LogP contribution in [0.15, 0.2) is 85.6 Å². The molecule has 2 amide bonds. The van der Waals surface area contributed by atoms with E-state index in [-0.39, 0.29) is 30.1 Å². The molecule has 2 aromatic carbocycles. The van der Waals surface area contributed by atoms with Gasteiger partial charge in [0.15, 0.2) is 5.78 Å². The second-order valence-electron chi connectivity index (χ2n) is 20.4. The molecule has 5 heterocycles. The molecular weight excluding hydrogens is 928 g/mol. The van der Waals surface area contributed by atoms with E-state index in [1.807, 2.05) is 126 Å². The molecule has 2 aliphatic carbocycles. The summed E-state index contributed by atoms with van der Waals surface area (Å²) in [6, 6.07) is 19.0. The predicted molar refractivity (Wildman–Crippen MR) is 273 cm³/mol. The number of hydrogen-bond acceptors (Lipinski definition) is 11. The number of aliphatic hydroxyl groups is 1. The second-order valence-corrected chi connectivity index (χ2v) is 21.2. The summed E-state index contributed by atoms with van der Waals surface area (Å²) < 4.78 is 13.0. The van der Waals surface area contributed by atoms with Gasteiger partial charge >= 0.3 is 12.2 Å². The molecule has 0 spiro atoms. The van der Waals surface area contributed by atoms with E-state index >= 15 is 0 Å². The molecule has 14 nitrogen and oxygen atoms in total. The van der Waals surface area contributed by atoms with E-state index in [1.54, 1.807) is 48.6 Å². The van der Waals surface area contributed by atoms with E-state index in [4.69, 9.17) is 42.6 Å². The summed E-state index contributed by atoms with van der Waals surface area (Å²) >= 11 is 12.9. The number of benzene rings is 2. The fourth-order valence-electron chi connectivity index (χ4n) is 9.70. The Morgan fingerprint density at radius 2 is 1.11 bits per heavy atom. The van der Waals surface area contributed by atoms with Crippen LogP contribution in [0.2, 0.25) is 10.0 Å². The van der Waals surface area contributed by atoms with Gasteiger partial charge in [0.05, 0.1) is 41.7 Å². The first-order chi connectivity index (χ1) is 33.1. The maximum absolute atomic E-state index is 12.7. The number of halogens is 2. The zero-order valence-corrected chi connectivity index (χ0v) is 42.9. The lowest BCUT2D eigenvalue weighted by Crippen LogP contribution is -2.51. The van der Waals surface area contributed by atoms with Crippen molar-refractivity contribution in [3.05, 3.63) is 146 Å². The number of allylic oxidation sites excluding steroid dienone is 1. The molecule has 2 saturated heterocycles. The van der Waals surface area contributed by atoms with Gasteiger partial charge in [0.1, 0.15) is 16.8 Å². The number of Topliss-reactive ketones (excluding diaryl/α,β-unsaturated/α-hetero) is 1. The molecule has 2 fully saturated rings. The van der Waals surface area contributed by atoms with Gasteiger partial charge in [-0.25, -0.2) is 14.6 Å². The Labute approximate surface area is 420 Å². The molecule has 3 unspecified atom stereocenters. The van der Waals surface area contributed by atoms with Gasteiger partial charge in [0.25, 0.3) is 0 Å². The number of hydrogen-bond donors (Lipinski definition) is 1. The van der Waals surface area contributed by atoms with Crippen molar-refractivity contribution < 1.29 is 29.0 Å². The van der Waals surface area contributed by atoms with Gasteiger partial charge in [-0.15, -0.1) is 0 Å². The lowest BCUT2D eigenvalue weighted by atomic mass is 9.84. The van der Waals surface area contributed by atoms with Crippen LogP contribution in [-0.4, -0.2) is 126 Å². The minimum atomic E-state index is -1.35. The Bertz CT molecular complexity index is 2850. The number of rotatable bonds is 5. The number of ether oxygens (including phenoxy) is 2. The van der Waals surface area contributed by atoms with Crippen LogP contribution in [-0.2, 0) is 26.9 Å². The largest absolute Gasteiger partial charge is 0.444 e. The topological polar surface area (TPSA) is 146 Å². The van der Waals surface area contributed by atoms with Crippen LogP contribution in [0.25, 0.3) is 23.3 Å². The van der Waals surface area contributed by atoms with Crippen molar-refractivity contribution in [1.29, 1.82) is 0 Å². The highest BCUT2D eigenvalue weighted by Gasteiger charge is 2.40. The zero-order valence-electron chi connectivity index (χ0n) is 41.4. The molecule has 4 aliphatic rings. The predicted octanol–water partition coefficient (Wildman–Crippen LogP) is 9.69. The molecule has 9 rings (SSSR count). The van der Waals surface area contributed by atoms with Gasteiger partial charge in [0.2, 0.25) is 0 Å². The number of carbonyl (C=O) groups is 3. The number of ketones is 1. The third-order valence-corrected chi connectivity index (χ3v) is 13.4. The first-order valence-corrected chi connectivity index (χ1v) is 24.4. The molecular formula is C54H62Cl2N8O6. The number of imidazole rings is 1. The third-order valence-electron chi connectivity index (χ3n) is 12.9. The van der Waals surface area contributed by atoms with E-state index in [9.17, 15) is 19.5 Å². The fraction of sp³-hybridized carbons (Fsp3) is 0.407. The van der Waals surface area contributed by atoms with Gasteiger partial charge in [-0.05, 0) is 143 Å². The van der Waals surface area contributed by atoms with Gasteiger partial charge in [-0.2, -0.15) is 0 Å². The number of piperazine rings is 2. The van der Waals surface area contributed by atoms with E-state index in [0.717, 1.165) is 50.3 Å². The SMILES string of the molecule is CC(=O)C1=Cc2cccnc2C(N2CCN(C(=O)OC(C)(C)C)CC2)c2ccc(Cl)cc21.Cn1cncc1C(C)(O)C1=Cc2cccnc2C(N2CCN(C(=O)OC(C)(C)C)CC2)c2ccc(Cl)cc21. The van der Waals surface area contributed by atoms with Crippen LogP contribution >= 0.6 is 23.2 Å². The van der Waals surface area contributed by atoms with Crippen molar-refractivity contribution in [1.82, 2.24) is 39.1 Å². The Morgan fingerprint density at radius 1 is 0.657 bits per heavy atom. The van der Waals surface area contributed by atoms with Crippen molar-refractivity contribution in [3.63, 3.8) is 0 Å². The highest BCUT2D eigenvalue weighted by Crippen LogP contribution is 2.47. The monoisotopic (exact) mass is 988 g/mol. The fourth-order valence-corrected chi connectivity index (χ4v) is 10.0. The Morgan fingerprint density at radius 3 is 1.56 bits per heavy atom. The molecule has 0 saturated carbocycles. The normalized spacial score (nSPS) is 19.3. The standard InChI is InChI=1S/C29H34ClN5O3.C25H28ClN3O3/c1-28(2,3)38-27(36)35-13-11-34(12-14-35)26-21-9-8-20(30)16-22(21)23(15-19-7-6-10-32-25(19)26)29(4,37)24-17-31-18-33(24)5;1-16(30)20-14-17-6-5-9-27-22(17)23(19-8-7-18(26)15-21(19)20)28-10-12-29(13-11-28)24(31)32-25(2,3)4/h6-10,15-18,26,37H,11-14H2,1-5H3;5-9,14-15,23H,10-13H2,1-4H3. The van der Waals surface area contributed by atoms with Crippen molar-refractivity contribution >= 4 is 64.5 Å². The number of carbonyl (C=O) groups excluding carboxylic acids is 3. The molecule has 0 bridgehead atoms. The van der Waals surface area contributed by atoms with Gasteiger partial charge in [0, 0.05) is 87.4 Å². The molecule has 368 valence electrons. The summed E-state index contributed by atoms with van der Waals surface area (Å²) in [7, 11) is 1.87. The Balaban J connectivity index is 0.000000191. The highest BCUT2D eigenvalue weighted by atomic mass is 35.5. The number of aryl methyl sites for hydroxylation is 1. The summed E-state index contributed by atoms with van der Waals surface area (Å²) in [5.41, 5.74) is 6.97. The molecule has 16 heteroatoms. The van der Waals surface area contributed by atoms with Gasteiger partial charge < -0.3 is 28.9 Å². The maximum Gasteiger partial charge on any atom is 0.410 e. The molecule has 1 N–H and O–H groups in total. The van der Waals surface area contributed by atoms with Gasteiger partial charge in [-0.3, -0.25) is 24.6 Å². The van der Waals surface area contributed by atoms with Gasteiger partial charge in [-0.1, -0.05) is 47.5 Å². The molecule has 70 heavy (non-hydrogen) atoms. The Hall–Kier alpha value is -5.90. The highest BCUT2D eigenvalue weighted by molar-refractivity contribution is 6.32. The Kier molecular flexibility index (Phi) is 14.5. The average Bonchev–Trinajstić information content (AvgIpc) is 3.62. The number of pyridine rings is 2. The zero-order chi connectivity index (χ0) is 50.3. The lowest BCUT2D eigenvalue weighted by molar-refractivity contribution is -0.111. The first-order valence-electron chi connectivity index (χ1n) is 23.7. The van der Waals surface area contributed by atoms with E-state index in [1.165, 1.54) is 0 Å². The summed E-state index contributed by atoms with van der Waals surface area (Å²) in [6.07, 6.45) is 10.3. The quantitative estimate of drug-likeness (QED) is 0.180. The number of fused-ring (bicyclic) bond motifs is 4. The smallest absolute Gasteiger partial charge is 0.410 e. The lowest BCUT2D eigenvalue weighted by Gasteiger charge is -2.40. The van der Waals surface area contributed by atoms with Crippen LogP contribution in [0.4, 0.5) is 9.59 Å².